The highest BCUT2D eigenvalue weighted by molar-refractivity contribution is 5.84. The number of piperidine rings is 1. The van der Waals surface area contributed by atoms with Crippen molar-refractivity contribution in [1.29, 1.82) is 0 Å². The molecule has 0 amide bonds. The van der Waals surface area contributed by atoms with Crippen molar-refractivity contribution < 1.29 is 4.79 Å². The monoisotopic (exact) mass is 245 g/mol. The number of carbonyl (C=O) groups is 1. The molecule has 18 heavy (non-hydrogen) atoms. The van der Waals surface area contributed by atoms with Crippen LogP contribution in [0.2, 0.25) is 0 Å². The fourth-order valence-electron chi connectivity index (χ4n) is 2.95. The Bertz CT molecular complexity index is 421. The van der Waals surface area contributed by atoms with E-state index in [0.29, 0.717) is 12.2 Å². The summed E-state index contributed by atoms with van der Waals surface area (Å²) in [6, 6.07) is 4.36. The lowest BCUT2D eigenvalue weighted by atomic mass is 9.87. The number of rotatable bonds is 3. The molecule has 1 aliphatic heterocycles. The smallest absolute Gasteiger partial charge is 0.140 e. The van der Waals surface area contributed by atoms with Gasteiger partial charge in [-0.1, -0.05) is 17.7 Å². The maximum Gasteiger partial charge on any atom is 0.140 e. The summed E-state index contributed by atoms with van der Waals surface area (Å²) in [5.74, 6) is 0.693. The molecule has 0 atom stereocenters. The van der Waals surface area contributed by atoms with E-state index in [1.807, 2.05) is 0 Å². The number of benzene rings is 1. The zero-order chi connectivity index (χ0) is 13.1. The fourth-order valence-corrected chi connectivity index (χ4v) is 2.95. The van der Waals surface area contributed by atoms with Gasteiger partial charge in [0.05, 0.1) is 0 Å². The Kier molecular flexibility index (Phi) is 4.18. The summed E-state index contributed by atoms with van der Waals surface area (Å²) in [6.45, 7) is 8.32. The molecule has 98 valence electrons. The van der Waals surface area contributed by atoms with Crippen LogP contribution in [0.5, 0.6) is 0 Å². The number of nitrogens with one attached hydrogen (secondary N) is 1. The van der Waals surface area contributed by atoms with Crippen LogP contribution in [0.4, 0.5) is 0 Å². The molecular formula is C16H23NO. The minimum atomic E-state index is 0.270. The molecule has 1 saturated heterocycles. The summed E-state index contributed by atoms with van der Waals surface area (Å²) in [6.07, 6.45) is 2.62. The quantitative estimate of drug-likeness (QED) is 0.887. The molecule has 1 heterocycles. The van der Waals surface area contributed by atoms with Gasteiger partial charge in [-0.25, -0.2) is 0 Å². The third kappa shape index (κ3) is 2.99. The van der Waals surface area contributed by atoms with Crippen molar-refractivity contribution in [2.24, 2.45) is 5.92 Å². The minimum absolute atomic E-state index is 0.270. The highest BCUT2D eigenvalue weighted by atomic mass is 16.1. The molecular weight excluding hydrogens is 222 g/mol. The molecule has 0 radical (unpaired) electrons. The molecule has 2 nitrogen and oxygen atoms in total. The first-order chi connectivity index (χ1) is 8.58. The highest BCUT2D eigenvalue weighted by Crippen LogP contribution is 2.21. The topological polar surface area (TPSA) is 29.1 Å². The molecule has 0 unspecified atom stereocenters. The van der Waals surface area contributed by atoms with E-state index >= 15 is 0 Å². The van der Waals surface area contributed by atoms with Gasteiger partial charge < -0.3 is 5.32 Å². The van der Waals surface area contributed by atoms with Crippen molar-refractivity contribution >= 4 is 5.78 Å². The van der Waals surface area contributed by atoms with E-state index in [0.717, 1.165) is 25.9 Å². The summed E-state index contributed by atoms with van der Waals surface area (Å²) < 4.78 is 0. The van der Waals surface area contributed by atoms with Crippen molar-refractivity contribution in [3.05, 3.63) is 34.4 Å². The molecule has 2 rings (SSSR count). The summed E-state index contributed by atoms with van der Waals surface area (Å²) in [5.41, 5.74) is 5.04. The number of carbonyl (C=O) groups excluding carboxylic acids is 1. The van der Waals surface area contributed by atoms with E-state index in [1.165, 1.54) is 22.3 Å². The van der Waals surface area contributed by atoms with Crippen LogP contribution in [0.15, 0.2) is 12.1 Å². The number of hydrogen-bond acceptors (Lipinski definition) is 2. The number of ketones is 1. The highest BCUT2D eigenvalue weighted by Gasteiger charge is 2.21. The van der Waals surface area contributed by atoms with Crippen LogP contribution in [-0.4, -0.2) is 18.9 Å². The van der Waals surface area contributed by atoms with Gasteiger partial charge in [0.2, 0.25) is 0 Å². The van der Waals surface area contributed by atoms with Gasteiger partial charge in [-0.05, 0) is 63.4 Å². The van der Waals surface area contributed by atoms with Gasteiger partial charge in [0.1, 0.15) is 5.78 Å². The Morgan fingerprint density at radius 2 is 1.72 bits per heavy atom. The first kappa shape index (κ1) is 13.3. The van der Waals surface area contributed by atoms with Crippen molar-refractivity contribution in [2.75, 3.05) is 13.1 Å². The van der Waals surface area contributed by atoms with E-state index in [2.05, 4.69) is 38.2 Å². The maximum atomic E-state index is 12.3. The molecule has 0 bridgehead atoms. The number of Topliss-reactive ketones (excluding diaryl/α,β-unsaturated/α-hetero) is 1. The predicted octanol–water partition coefficient (Wildman–Crippen LogP) is 2.72. The normalized spacial score (nSPS) is 16.8. The van der Waals surface area contributed by atoms with Crippen LogP contribution in [0.3, 0.4) is 0 Å². The Labute approximate surface area is 110 Å². The van der Waals surface area contributed by atoms with Gasteiger partial charge in [-0.3, -0.25) is 4.79 Å². The van der Waals surface area contributed by atoms with E-state index in [4.69, 9.17) is 0 Å². The van der Waals surface area contributed by atoms with Crippen molar-refractivity contribution in [3.63, 3.8) is 0 Å². The molecule has 0 saturated carbocycles. The molecule has 1 aromatic rings. The van der Waals surface area contributed by atoms with E-state index < -0.39 is 0 Å². The SMILES string of the molecule is Cc1cc(C)c(CC(=O)C2CCNCC2)c(C)c1. The summed E-state index contributed by atoms with van der Waals surface area (Å²) in [4.78, 5) is 12.3. The molecule has 1 N–H and O–H groups in total. The number of hydrogen-bond donors (Lipinski definition) is 1. The third-order valence-corrected chi connectivity index (χ3v) is 3.99. The average Bonchev–Trinajstić information content (AvgIpc) is 2.34. The van der Waals surface area contributed by atoms with Gasteiger partial charge in [0, 0.05) is 12.3 Å². The standard InChI is InChI=1S/C16H23NO/c1-11-8-12(2)15(13(3)9-11)10-16(18)14-4-6-17-7-5-14/h8-9,14,17H,4-7,10H2,1-3H3. The zero-order valence-corrected chi connectivity index (χ0v) is 11.7. The molecule has 1 aromatic carbocycles. The molecule has 0 aromatic heterocycles. The average molecular weight is 245 g/mol. The van der Waals surface area contributed by atoms with Crippen molar-refractivity contribution in [1.82, 2.24) is 5.32 Å². The lowest BCUT2D eigenvalue weighted by Crippen LogP contribution is -2.32. The first-order valence-corrected chi connectivity index (χ1v) is 6.88. The van der Waals surface area contributed by atoms with Crippen LogP contribution in [0.1, 0.15) is 35.1 Å². The van der Waals surface area contributed by atoms with E-state index in [9.17, 15) is 4.79 Å². The largest absolute Gasteiger partial charge is 0.317 e. The Hall–Kier alpha value is -1.15. The second kappa shape index (κ2) is 5.66. The molecule has 0 aliphatic carbocycles. The summed E-state index contributed by atoms with van der Waals surface area (Å²) >= 11 is 0. The van der Waals surface area contributed by atoms with E-state index in [-0.39, 0.29) is 5.92 Å². The first-order valence-electron chi connectivity index (χ1n) is 6.88. The summed E-state index contributed by atoms with van der Waals surface area (Å²) in [5, 5.41) is 3.31. The van der Waals surface area contributed by atoms with Gasteiger partial charge in [0.15, 0.2) is 0 Å². The molecule has 2 heteroatoms. The second-order valence-corrected chi connectivity index (χ2v) is 5.54. The maximum absolute atomic E-state index is 12.3. The lowest BCUT2D eigenvalue weighted by Gasteiger charge is -2.22. The molecule has 1 aliphatic rings. The molecule has 0 spiro atoms. The molecule has 1 fully saturated rings. The third-order valence-electron chi connectivity index (χ3n) is 3.99. The predicted molar refractivity (Wildman–Crippen MR) is 75.0 cm³/mol. The summed E-state index contributed by atoms with van der Waals surface area (Å²) in [7, 11) is 0. The Morgan fingerprint density at radius 3 is 2.28 bits per heavy atom. The van der Waals surface area contributed by atoms with Crippen LogP contribution in [-0.2, 0) is 11.2 Å². The number of aryl methyl sites for hydroxylation is 3. The van der Waals surface area contributed by atoms with Gasteiger partial charge in [0.25, 0.3) is 0 Å². The van der Waals surface area contributed by atoms with Gasteiger partial charge in [-0.15, -0.1) is 0 Å². The Morgan fingerprint density at radius 1 is 1.17 bits per heavy atom. The van der Waals surface area contributed by atoms with E-state index in [1.54, 1.807) is 0 Å². The van der Waals surface area contributed by atoms with Crippen LogP contribution >= 0.6 is 0 Å². The van der Waals surface area contributed by atoms with Gasteiger partial charge in [-0.2, -0.15) is 0 Å². The van der Waals surface area contributed by atoms with Crippen molar-refractivity contribution in [3.8, 4) is 0 Å². The Balaban J connectivity index is 2.11. The second-order valence-electron chi connectivity index (χ2n) is 5.54. The minimum Gasteiger partial charge on any atom is -0.317 e. The van der Waals surface area contributed by atoms with Crippen LogP contribution in [0, 0.1) is 26.7 Å². The fraction of sp³-hybridized carbons (Fsp3) is 0.562. The zero-order valence-electron chi connectivity index (χ0n) is 11.7. The van der Waals surface area contributed by atoms with Gasteiger partial charge >= 0.3 is 0 Å². The lowest BCUT2D eigenvalue weighted by molar-refractivity contribution is -0.122. The van der Waals surface area contributed by atoms with Crippen LogP contribution in [0.25, 0.3) is 0 Å². The van der Waals surface area contributed by atoms with Crippen LogP contribution < -0.4 is 5.32 Å². The van der Waals surface area contributed by atoms with Crippen molar-refractivity contribution in [2.45, 2.75) is 40.0 Å².